The first-order chi connectivity index (χ1) is 13.4. The summed E-state index contributed by atoms with van der Waals surface area (Å²) >= 11 is 1.51. The third-order valence-electron chi connectivity index (χ3n) is 5.35. The van der Waals surface area contributed by atoms with E-state index in [9.17, 15) is 14.9 Å². The van der Waals surface area contributed by atoms with Gasteiger partial charge in [-0.05, 0) is 51.3 Å². The van der Waals surface area contributed by atoms with E-state index in [1.807, 2.05) is 42.9 Å². The van der Waals surface area contributed by atoms with Crippen LogP contribution in [0.5, 0.6) is 0 Å². The van der Waals surface area contributed by atoms with Crippen LogP contribution in [0.25, 0.3) is 5.00 Å². The van der Waals surface area contributed by atoms with Crippen molar-refractivity contribution in [1.82, 2.24) is 9.88 Å². The highest BCUT2D eigenvalue weighted by Crippen LogP contribution is 2.32. The molecule has 0 spiro atoms. The van der Waals surface area contributed by atoms with Gasteiger partial charge in [0.25, 0.3) is 5.91 Å². The highest BCUT2D eigenvalue weighted by atomic mass is 32.1. The molecule has 1 N–H and O–H groups in total. The number of rotatable bonds is 5. The molecule has 148 valence electrons. The molecule has 1 atom stereocenters. The van der Waals surface area contributed by atoms with Crippen molar-refractivity contribution in [3.63, 3.8) is 0 Å². The van der Waals surface area contributed by atoms with Gasteiger partial charge in [-0.15, -0.1) is 11.3 Å². The van der Waals surface area contributed by atoms with E-state index in [0.29, 0.717) is 18.4 Å². The average Bonchev–Trinajstić information content (AvgIpc) is 3.31. The highest BCUT2D eigenvalue weighted by molar-refractivity contribution is 7.15. The lowest BCUT2D eigenvalue weighted by atomic mass is 9.83. The third kappa shape index (κ3) is 3.97. The molecule has 0 saturated heterocycles. The number of aromatic nitrogens is 1. The van der Waals surface area contributed by atoms with E-state index in [1.165, 1.54) is 11.3 Å². The van der Waals surface area contributed by atoms with Gasteiger partial charge >= 0.3 is 5.97 Å². The second-order valence-electron chi connectivity index (χ2n) is 7.35. The Balaban J connectivity index is 1.74. The summed E-state index contributed by atoms with van der Waals surface area (Å²) in [6.07, 6.45) is 6.94. The Morgan fingerprint density at radius 1 is 1.25 bits per heavy atom. The number of nitrogens with one attached hydrogen (secondary N) is 1. The monoisotopic (exact) mass is 399 g/mol. The van der Waals surface area contributed by atoms with E-state index in [1.54, 1.807) is 6.92 Å². The maximum absolute atomic E-state index is 12.9. The minimum absolute atomic E-state index is 0.427. The van der Waals surface area contributed by atoms with Crippen molar-refractivity contribution >= 4 is 23.2 Å². The first-order valence-electron chi connectivity index (χ1n) is 9.54. The molecule has 1 fully saturated rings. The molecule has 1 unspecified atom stereocenters. The van der Waals surface area contributed by atoms with E-state index in [4.69, 9.17) is 4.74 Å². The molecule has 1 amide bonds. The van der Waals surface area contributed by atoms with Crippen molar-refractivity contribution in [2.24, 2.45) is 0 Å². The van der Waals surface area contributed by atoms with E-state index < -0.39 is 23.5 Å². The Labute approximate surface area is 169 Å². The van der Waals surface area contributed by atoms with Crippen LogP contribution >= 0.6 is 11.3 Å². The molecule has 2 heterocycles. The summed E-state index contributed by atoms with van der Waals surface area (Å²) in [7, 11) is 0. The minimum Gasteiger partial charge on any atom is -0.449 e. The lowest BCUT2D eigenvalue weighted by Crippen LogP contribution is -2.52. The van der Waals surface area contributed by atoms with Crippen LogP contribution in [0.3, 0.4) is 0 Å². The number of aryl methyl sites for hydroxylation is 1. The Kier molecular flexibility index (Phi) is 5.90. The zero-order chi connectivity index (χ0) is 20.3. The van der Waals surface area contributed by atoms with Gasteiger partial charge in [0.15, 0.2) is 6.10 Å². The molecule has 0 bridgehead atoms. The van der Waals surface area contributed by atoms with Crippen LogP contribution in [0, 0.1) is 25.2 Å². The largest absolute Gasteiger partial charge is 0.449 e. The average molecular weight is 400 g/mol. The maximum atomic E-state index is 12.9. The van der Waals surface area contributed by atoms with Crippen LogP contribution in [0.1, 0.15) is 59.8 Å². The molecule has 0 aliphatic heterocycles. The summed E-state index contributed by atoms with van der Waals surface area (Å²) in [6, 6.07) is 6.03. The van der Waals surface area contributed by atoms with Gasteiger partial charge < -0.3 is 14.6 Å². The second kappa shape index (κ2) is 8.19. The van der Waals surface area contributed by atoms with Crippen LogP contribution in [0.2, 0.25) is 0 Å². The fraction of sp³-hybridized carbons (Fsp3) is 0.476. The van der Waals surface area contributed by atoms with Crippen molar-refractivity contribution < 1.29 is 14.3 Å². The standard InChI is InChI=1S/C21H25N3O3S/c1-14-16(3)28-19(24-11-7-8-12-24)17(14)20(26)27-15(2)18(25)23-21(13-22)9-5-4-6-10-21/h7-8,11-12,15H,4-6,9-10H2,1-3H3,(H,23,25). The van der Waals surface area contributed by atoms with Gasteiger partial charge in [0.05, 0.1) is 11.6 Å². The summed E-state index contributed by atoms with van der Waals surface area (Å²) in [5, 5.41) is 13.1. The summed E-state index contributed by atoms with van der Waals surface area (Å²) in [6.45, 7) is 5.39. The summed E-state index contributed by atoms with van der Waals surface area (Å²) in [5.74, 6) is -0.952. The normalized spacial score (nSPS) is 16.8. The van der Waals surface area contributed by atoms with Gasteiger partial charge in [-0.3, -0.25) is 4.79 Å². The van der Waals surface area contributed by atoms with Crippen molar-refractivity contribution in [2.45, 2.75) is 64.5 Å². The molecule has 0 aromatic carbocycles. The Morgan fingerprint density at radius 3 is 2.50 bits per heavy atom. The van der Waals surface area contributed by atoms with Gasteiger partial charge in [0.1, 0.15) is 10.5 Å². The molecule has 1 aliphatic rings. The van der Waals surface area contributed by atoms with Crippen LogP contribution in [-0.2, 0) is 9.53 Å². The summed E-state index contributed by atoms with van der Waals surface area (Å²) in [5.41, 5.74) is 0.486. The molecule has 3 rings (SSSR count). The number of carbonyl (C=O) groups excluding carboxylic acids is 2. The molecule has 2 aromatic rings. The Morgan fingerprint density at radius 2 is 1.89 bits per heavy atom. The first kappa shape index (κ1) is 20.2. The van der Waals surface area contributed by atoms with E-state index >= 15 is 0 Å². The summed E-state index contributed by atoms with van der Waals surface area (Å²) in [4.78, 5) is 26.5. The fourth-order valence-electron chi connectivity index (χ4n) is 3.53. The zero-order valence-electron chi connectivity index (χ0n) is 16.4. The SMILES string of the molecule is Cc1sc(-n2cccc2)c(C(=O)OC(C)C(=O)NC2(C#N)CCCCC2)c1C. The molecular weight excluding hydrogens is 374 g/mol. The van der Waals surface area contributed by atoms with E-state index in [2.05, 4.69) is 11.4 Å². The van der Waals surface area contributed by atoms with Crippen molar-refractivity contribution in [3.05, 3.63) is 40.5 Å². The molecule has 0 radical (unpaired) electrons. The van der Waals surface area contributed by atoms with E-state index in [-0.39, 0.29) is 0 Å². The van der Waals surface area contributed by atoms with Crippen molar-refractivity contribution in [3.8, 4) is 11.1 Å². The van der Waals surface area contributed by atoms with Crippen LogP contribution in [0.4, 0.5) is 0 Å². The minimum atomic E-state index is -0.975. The molecule has 1 aliphatic carbocycles. The molecule has 2 aromatic heterocycles. The second-order valence-corrected chi connectivity index (χ2v) is 8.55. The number of nitrogens with zero attached hydrogens (tertiary/aromatic N) is 2. The number of carbonyl (C=O) groups is 2. The number of esters is 1. The molecule has 28 heavy (non-hydrogen) atoms. The topological polar surface area (TPSA) is 84.1 Å². The number of nitriles is 1. The number of thiophene rings is 1. The lowest BCUT2D eigenvalue weighted by molar-refractivity contribution is -0.130. The molecule has 7 heteroatoms. The Bertz CT molecular complexity index is 902. The summed E-state index contributed by atoms with van der Waals surface area (Å²) < 4.78 is 7.37. The van der Waals surface area contributed by atoms with Gasteiger partial charge in [-0.1, -0.05) is 19.3 Å². The smallest absolute Gasteiger partial charge is 0.342 e. The quantitative estimate of drug-likeness (QED) is 0.769. The lowest BCUT2D eigenvalue weighted by Gasteiger charge is -2.32. The predicted molar refractivity (Wildman–Crippen MR) is 108 cm³/mol. The number of amides is 1. The van der Waals surface area contributed by atoms with Crippen LogP contribution in [-0.4, -0.2) is 28.1 Å². The highest BCUT2D eigenvalue weighted by Gasteiger charge is 2.36. The van der Waals surface area contributed by atoms with Crippen LogP contribution < -0.4 is 5.32 Å². The van der Waals surface area contributed by atoms with Gasteiger partial charge in [-0.25, -0.2) is 4.79 Å². The molecular formula is C21H25N3O3S. The molecule has 1 saturated carbocycles. The third-order valence-corrected chi connectivity index (χ3v) is 6.57. The van der Waals surface area contributed by atoms with Crippen LogP contribution in [0.15, 0.2) is 24.5 Å². The Hall–Kier alpha value is -2.59. The maximum Gasteiger partial charge on any atom is 0.342 e. The zero-order valence-corrected chi connectivity index (χ0v) is 17.3. The number of hydrogen-bond acceptors (Lipinski definition) is 5. The first-order valence-corrected chi connectivity index (χ1v) is 10.4. The predicted octanol–water partition coefficient (Wildman–Crippen LogP) is 4.04. The van der Waals surface area contributed by atoms with Crippen molar-refractivity contribution in [2.75, 3.05) is 0 Å². The van der Waals surface area contributed by atoms with Crippen molar-refractivity contribution in [1.29, 1.82) is 5.26 Å². The van der Waals surface area contributed by atoms with Gasteiger partial charge in [0, 0.05) is 17.3 Å². The number of hydrogen-bond donors (Lipinski definition) is 1. The van der Waals surface area contributed by atoms with Gasteiger partial charge in [0.2, 0.25) is 0 Å². The van der Waals surface area contributed by atoms with E-state index in [0.717, 1.165) is 34.7 Å². The number of ether oxygens (including phenoxy) is 1. The molecule has 6 nitrogen and oxygen atoms in total. The van der Waals surface area contributed by atoms with Gasteiger partial charge in [-0.2, -0.15) is 5.26 Å². The fourth-order valence-corrected chi connectivity index (χ4v) is 4.64.